The molecule has 6 heteroatoms. The van der Waals surface area contributed by atoms with E-state index in [9.17, 15) is 4.79 Å². The summed E-state index contributed by atoms with van der Waals surface area (Å²) in [6.45, 7) is 4.18. The minimum atomic E-state index is -0.113. The van der Waals surface area contributed by atoms with Crippen LogP contribution in [0.2, 0.25) is 0 Å². The second-order valence-corrected chi connectivity index (χ2v) is 7.42. The van der Waals surface area contributed by atoms with Crippen LogP contribution in [0.1, 0.15) is 50.5 Å². The molecule has 28 heavy (non-hydrogen) atoms. The number of piperidine rings is 1. The predicted molar refractivity (Wildman–Crippen MR) is 114 cm³/mol. The van der Waals surface area contributed by atoms with Crippen LogP contribution in [0, 0.1) is 0 Å². The summed E-state index contributed by atoms with van der Waals surface area (Å²) in [5.74, 6) is 0.786. The minimum absolute atomic E-state index is 0.113. The van der Waals surface area contributed by atoms with Gasteiger partial charge in [-0.1, -0.05) is 43.2 Å². The van der Waals surface area contributed by atoms with Gasteiger partial charge in [0.05, 0.1) is 7.11 Å². The van der Waals surface area contributed by atoms with Crippen molar-refractivity contribution in [3.63, 3.8) is 0 Å². The second-order valence-electron chi connectivity index (χ2n) is 7.42. The zero-order valence-corrected chi connectivity index (χ0v) is 17.5. The quantitative estimate of drug-likeness (QED) is 0.279. The van der Waals surface area contributed by atoms with Gasteiger partial charge in [0.1, 0.15) is 0 Å². The number of carbonyl (C=O) groups excluding carboxylic acids is 1. The number of esters is 1. The molecule has 156 valence electrons. The third-order valence-electron chi connectivity index (χ3n) is 5.23. The SMILES string of the molecule is CN=C(NCCCCCCC(=O)OC)NC1CCN(Cc2ccccc2)CC1. The fourth-order valence-corrected chi connectivity index (χ4v) is 3.52. The third-order valence-corrected chi connectivity index (χ3v) is 5.23. The number of likely N-dealkylation sites (tertiary alicyclic amines) is 1. The Hall–Kier alpha value is -2.08. The van der Waals surface area contributed by atoms with Crippen molar-refractivity contribution < 1.29 is 9.53 Å². The summed E-state index contributed by atoms with van der Waals surface area (Å²) in [7, 11) is 3.27. The average molecular weight is 389 g/mol. The number of carbonyl (C=O) groups is 1. The molecule has 0 atom stereocenters. The Bertz CT molecular complexity index is 583. The smallest absolute Gasteiger partial charge is 0.305 e. The van der Waals surface area contributed by atoms with Crippen molar-refractivity contribution in [2.75, 3.05) is 33.8 Å². The molecule has 0 aliphatic carbocycles. The van der Waals surface area contributed by atoms with Gasteiger partial charge in [-0.3, -0.25) is 14.7 Å². The summed E-state index contributed by atoms with van der Waals surface area (Å²) in [6.07, 6.45) is 6.96. The summed E-state index contributed by atoms with van der Waals surface area (Å²) in [4.78, 5) is 18.0. The molecule has 0 spiro atoms. The van der Waals surface area contributed by atoms with E-state index in [1.165, 1.54) is 12.7 Å². The summed E-state index contributed by atoms with van der Waals surface area (Å²) in [5, 5.41) is 6.98. The van der Waals surface area contributed by atoms with E-state index in [1.54, 1.807) is 0 Å². The van der Waals surface area contributed by atoms with Crippen LogP contribution in [0.4, 0.5) is 0 Å². The standard InChI is InChI=1S/C22H36N4O2/c1-23-22(24-15-9-4-3-8-12-21(27)28-2)25-20-13-16-26(17-14-20)18-19-10-6-5-7-11-19/h5-7,10-11,20H,3-4,8-9,12-18H2,1-2H3,(H2,23,24,25). The van der Waals surface area contributed by atoms with Gasteiger partial charge in [0.25, 0.3) is 0 Å². The van der Waals surface area contributed by atoms with Crippen LogP contribution in [-0.2, 0) is 16.1 Å². The molecule has 1 aromatic carbocycles. The van der Waals surface area contributed by atoms with Crippen molar-refractivity contribution >= 4 is 11.9 Å². The van der Waals surface area contributed by atoms with Gasteiger partial charge in [0.2, 0.25) is 0 Å². The van der Waals surface area contributed by atoms with Gasteiger partial charge in [0, 0.05) is 45.7 Å². The molecule has 0 aromatic heterocycles. The summed E-state index contributed by atoms with van der Waals surface area (Å²) >= 11 is 0. The number of methoxy groups -OCH3 is 1. The highest BCUT2D eigenvalue weighted by molar-refractivity contribution is 5.79. The van der Waals surface area contributed by atoms with Crippen molar-refractivity contribution in [1.29, 1.82) is 0 Å². The molecule has 1 aliphatic heterocycles. The predicted octanol–water partition coefficient (Wildman–Crippen LogP) is 2.94. The molecule has 0 saturated carbocycles. The first-order chi connectivity index (χ1) is 13.7. The van der Waals surface area contributed by atoms with E-state index in [1.807, 2.05) is 7.05 Å². The lowest BCUT2D eigenvalue weighted by Crippen LogP contribution is -2.48. The number of rotatable bonds is 10. The van der Waals surface area contributed by atoms with Crippen LogP contribution < -0.4 is 10.6 Å². The molecule has 1 aromatic rings. The largest absolute Gasteiger partial charge is 0.469 e. The lowest BCUT2D eigenvalue weighted by Gasteiger charge is -2.33. The van der Waals surface area contributed by atoms with Crippen LogP contribution in [-0.4, -0.2) is 56.7 Å². The molecular weight excluding hydrogens is 352 g/mol. The molecule has 0 bridgehead atoms. The Labute approximate surface area is 169 Å². The van der Waals surface area contributed by atoms with Crippen molar-refractivity contribution in [3.8, 4) is 0 Å². The second kappa shape index (κ2) is 13.2. The maximum atomic E-state index is 11.1. The Balaban J connectivity index is 1.55. The lowest BCUT2D eigenvalue weighted by molar-refractivity contribution is -0.140. The van der Waals surface area contributed by atoms with Crippen LogP contribution in [0.15, 0.2) is 35.3 Å². The van der Waals surface area contributed by atoms with Gasteiger partial charge in [0.15, 0.2) is 5.96 Å². The Morgan fingerprint density at radius 1 is 1.14 bits per heavy atom. The zero-order chi connectivity index (χ0) is 20.0. The van der Waals surface area contributed by atoms with E-state index < -0.39 is 0 Å². The number of guanidine groups is 1. The average Bonchev–Trinajstić information content (AvgIpc) is 2.74. The number of nitrogens with one attached hydrogen (secondary N) is 2. The molecule has 1 saturated heterocycles. The number of nitrogens with zero attached hydrogens (tertiary/aromatic N) is 2. The zero-order valence-electron chi connectivity index (χ0n) is 17.5. The Kier molecular flexibility index (Phi) is 10.4. The van der Waals surface area contributed by atoms with Gasteiger partial charge in [-0.05, 0) is 31.2 Å². The normalized spacial score (nSPS) is 16.0. The molecule has 1 fully saturated rings. The minimum Gasteiger partial charge on any atom is -0.469 e. The van der Waals surface area contributed by atoms with Gasteiger partial charge < -0.3 is 15.4 Å². The molecule has 2 N–H and O–H groups in total. The van der Waals surface area contributed by atoms with Gasteiger partial charge in [-0.25, -0.2) is 0 Å². The summed E-state index contributed by atoms with van der Waals surface area (Å²) in [6, 6.07) is 11.2. The number of hydrogen-bond donors (Lipinski definition) is 2. The van der Waals surface area contributed by atoms with Crippen LogP contribution in [0.25, 0.3) is 0 Å². The van der Waals surface area contributed by atoms with Crippen molar-refractivity contribution in [2.45, 2.75) is 57.5 Å². The van der Waals surface area contributed by atoms with Crippen molar-refractivity contribution in [2.24, 2.45) is 4.99 Å². The Morgan fingerprint density at radius 3 is 2.54 bits per heavy atom. The number of aliphatic imine (C=N–C) groups is 1. The molecule has 0 radical (unpaired) electrons. The molecule has 0 amide bonds. The van der Waals surface area contributed by atoms with E-state index in [0.717, 1.165) is 70.7 Å². The highest BCUT2D eigenvalue weighted by Gasteiger charge is 2.19. The topological polar surface area (TPSA) is 66.0 Å². The van der Waals surface area contributed by atoms with Gasteiger partial charge in [-0.15, -0.1) is 0 Å². The van der Waals surface area contributed by atoms with Crippen molar-refractivity contribution in [3.05, 3.63) is 35.9 Å². The highest BCUT2D eigenvalue weighted by Crippen LogP contribution is 2.13. The molecule has 1 aliphatic rings. The first kappa shape index (κ1) is 22.2. The number of benzene rings is 1. The maximum absolute atomic E-state index is 11.1. The molecule has 2 rings (SSSR count). The summed E-state index contributed by atoms with van der Waals surface area (Å²) in [5.41, 5.74) is 1.39. The number of hydrogen-bond acceptors (Lipinski definition) is 4. The molecule has 0 unspecified atom stereocenters. The molecule has 1 heterocycles. The van der Waals surface area contributed by atoms with Crippen LogP contribution in [0.5, 0.6) is 0 Å². The van der Waals surface area contributed by atoms with Crippen LogP contribution >= 0.6 is 0 Å². The number of ether oxygens (including phenoxy) is 1. The van der Waals surface area contributed by atoms with E-state index in [2.05, 4.69) is 55.6 Å². The van der Waals surface area contributed by atoms with Crippen molar-refractivity contribution in [1.82, 2.24) is 15.5 Å². The van der Waals surface area contributed by atoms with Crippen LogP contribution in [0.3, 0.4) is 0 Å². The molecular formula is C22H36N4O2. The van der Waals surface area contributed by atoms with E-state index in [-0.39, 0.29) is 5.97 Å². The first-order valence-electron chi connectivity index (χ1n) is 10.5. The summed E-state index contributed by atoms with van der Waals surface area (Å²) < 4.78 is 4.65. The van der Waals surface area contributed by atoms with Gasteiger partial charge in [-0.2, -0.15) is 0 Å². The van der Waals surface area contributed by atoms with E-state index in [4.69, 9.17) is 0 Å². The molecule has 6 nitrogen and oxygen atoms in total. The lowest BCUT2D eigenvalue weighted by atomic mass is 10.0. The first-order valence-corrected chi connectivity index (χ1v) is 10.5. The highest BCUT2D eigenvalue weighted by atomic mass is 16.5. The fourth-order valence-electron chi connectivity index (χ4n) is 3.52. The number of unbranched alkanes of at least 4 members (excludes halogenated alkanes) is 3. The fraction of sp³-hybridized carbons (Fsp3) is 0.636. The van der Waals surface area contributed by atoms with E-state index in [0.29, 0.717) is 12.5 Å². The van der Waals surface area contributed by atoms with E-state index >= 15 is 0 Å². The maximum Gasteiger partial charge on any atom is 0.305 e. The Morgan fingerprint density at radius 2 is 1.86 bits per heavy atom. The third kappa shape index (κ3) is 8.74. The monoisotopic (exact) mass is 388 g/mol. The van der Waals surface area contributed by atoms with Gasteiger partial charge >= 0.3 is 5.97 Å².